The molecule has 1 atom stereocenters. The second-order valence-electron chi connectivity index (χ2n) is 7.79. The number of halogens is 5. The highest BCUT2D eigenvalue weighted by atomic mass is 19.4. The molecule has 0 spiro atoms. The zero-order chi connectivity index (χ0) is 22.2. The Hall–Kier alpha value is -2.89. The minimum atomic E-state index is -4.82. The number of hydrogen-bond acceptors (Lipinski definition) is 1. The third-order valence-corrected chi connectivity index (χ3v) is 5.86. The van der Waals surface area contributed by atoms with Gasteiger partial charge in [0.1, 0.15) is 17.4 Å². The monoisotopic (exact) mass is 432 g/mol. The number of alkyl halides is 3. The Balaban J connectivity index is 1.61. The molecule has 0 saturated heterocycles. The standard InChI is InChI=1S/C25H21F5O/c1-2-15-3-5-16(6-4-15)18-9-12-21-19(13-18)14-22(26)23(24(21)27)17-7-10-20(11-8-17)31-25(28,29)30/h3-8,10-11,14,18H,2,9,12-13H2,1H3. The number of benzene rings is 3. The number of aryl methyl sites for hydroxylation is 1. The van der Waals surface area contributed by atoms with Gasteiger partial charge in [0.05, 0.1) is 5.56 Å². The van der Waals surface area contributed by atoms with Crippen molar-refractivity contribution in [2.24, 2.45) is 0 Å². The van der Waals surface area contributed by atoms with E-state index in [1.54, 1.807) is 0 Å². The van der Waals surface area contributed by atoms with Gasteiger partial charge in [-0.15, -0.1) is 13.2 Å². The van der Waals surface area contributed by atoms with Crippen molar-refractivity contribution in [1.82, 2.24) is 0 Å². The summed E-state index contributed by atoms with van der Waals surface area (Å²) in [5, 5.41) is 0. The molecule has 0 N–H and O–H groups in total. The first-order valence-corrected chi connectivity index (χ1v) is 10.2. The molecule has 3 aromatic carbocycles. The van der Waals surface area contributed by atoms with Crippen molar-refractivity contribution in [3.63, 3.8) is 0 Å². The third-order valence-electron chi connectivity index (χ3n) is 5.86. The van der Waals surface area contributed by atoms with Crippen LogP contribution in [0.2, 0.25) is 0 Å². The van der Waals surface area contributed by atoms with Crippen LogP contribution in [0.15, 0.2) is 54.6 Å². The molecule has 3 aromatic rings. The molecule has 162 valence electrons. The highest BCUT2D eigenvalue weighted by Gasteiger charge is 2.31. The van der Waals surface area contributed by atoms with Crippen molar-refractivity contribution in [2.45, 2.75) is 44.9 Å². The minimum Gasteiger partial charge on any atom is -0.406 e. The van der Waals surface area contributed by atoms with Gasteiger partial charge in [-0.1, -0.05) is 43.3 Å². The lowest BCUT2D eigenvalue weighted by Crippen LogP contribution is -2.17. The van der Waals surface area contributed by atoms with E-state index in [1.807, 2.05) is 0 Å². The van der Waals surface area contributed by atoms with Crippen LogP contribution in [0.5, 0.6) is 5.75 Å². The van der Waals surface area contributed by atoms with Crippen molar-refractivity contribution >= 4 is 0 Å². The van der Waals surface area contributed by atoms with E-state index in [9.17, 15) is 17.6 Å². The van der Waals surface area contributed by atoms with E-state index in [1.165, 1.54) is 23.8 Å². The minimum absolute atomic E-state index is 0.171. The number of hydrogen-bond donors (Lipinski definition) is 0. The Labute approximate surface area is 177 Å². The lowest BCUT2D eigenvalue weighted by Gasteiger charge is -2.26. The number of fused-ring (bicyclic) bond motifs is 1. The molecule has 31 heavy (non-hydrogen) atoms. The Morgan fingerprint density at radius 1 is 0.968 bits per heavy atom. The van der Waals surface area contributed by atoms with Gasteiger partial charge in [-0.3, -0.25) is 0 Å². The van der Waals surface area contributed by atoms with Gasteiger partial charge in [0, 0.05) is 0 Å². The highest BCUT2D eigenvalue weighted by Crippen LogP contribution is 2.39. The van der Waals surface area contributed by atoms with Crippen molar-refractivity contribution in [3.8, 4) is 16.9 Å². The molecule has 0 radical (unpaired) electrons. The number of rotatable bonds is 4. The zero-order valence-electron chi connectivity index (χ0n) is 16.9. The average molecular weight is 432 g/mol. The largest absolute Gasteiger partial charge is 0.573 e. The average Bonchev–Trinajstić information content (AvgIpc) is 2.73. The van der Waals surface area contributed by atoms with Crippen LogP contribution in [-0.2, 0) is 19.3 Å². The van der Waals surface area contributed by atoms with Crippen LogP contribution >= 0.6 is 0 Å². The van der Waals surface area contributed by atoms with E-state index < -0.39 is 23.7 Å². The van der Waals surface area contributed by atoms with Crippen LogP contribution in [0.3, 0.4) is 0 Å². The van der Waals surface area contributed by atoms with E-state index in [4.69, 9.17) is 0 Å². The van der Waals surface area contributed by atoms with Crippen LogP contribution in [0.25, 0.3) is 11.1 Å². The first kappa shape index (κ1) is 21.3. The molecular formula is C25H21F5O. The summed E-state index contributed by atoms with van der Waals surface area (Å²) in [6.07, 6.45) is -2.09. The molecule has 0 heterocycles. The Morgan fingerprint density at radius 3 is 2.26 bits per heavy atom. The van der Waals surface area contributed by atoms with Gasteiger partial charge in [-0.2, -0.15) is 0 Å². The van der Waals surface area contributed by atoms with Crippen molar-refractivity contribution < 1.29 is 26.7 Å². The van der Waals surface area contributed by atoms with Gasteiger partial charge >= 0.3 is 6.36 Å². The predicted octanol–water partition coefficient (Wildman–Crippen LogP) is 7.37. The summed E-state index contributed by atoms with van der Waals surface area (Å²) in [4.78, 5) is 0. The normalized spacial score (nSPS) is 16.1. The van der Waals surface area contributed by atoms with Crippen LogP contribution in [0, 0.1) is 11.6 Å². The van der Waals surface area contributed by atoms with E-state index in [0.29, 0.717) is 24.0 Å². The summed E-state index contributed by atoms with van der Waals surface area (Å²) >= 11 is 0. The van der Waals surface area contributed by atoms with E-state index in [-0.39, 0.29) is 17.0 Å². The molecule has 4 rings (SSSR count). The van der Waals surface area contributed by atoms with Crippen LogP contribution in [0.1, 0.15) is 41.5 Å². The maximum absolute atomic E-state index is 15.2. The molecule has 0 bridgehead atoms. The Kier molecular flexibility index (Phi) is 5.73. The van der Waals surface area contributed by atoms with Gasteiger partial charge in [-0.25, -0.2) is 8.78 Å². The van der Waals surface area contributed by atoms with Crippen LogP contribution < -0.4 is 4.74 Å². The lowest BCUT2D eigenvalue weighted by molar-refractivity contribution is -0.274. The fourth-order valence-electron chi connectivity index (χ4n) is 4.25. The number of ether oxygens (including phenoxy) is 1. The van der Waals surface area contributed by atoms with Crippen LogP contribution in [-0.4, -0.2) is 6.36 Å². The second-order valence-corrected chi connectivity index (χ2v) is 7.79. The topological polar surface area (TPSA) is 9.23 Å². The molecule has 1 aliphatic carbocycles. The lowest BCUT2D eigenvalue weighted by atomic mass is 9.78. The first-order valence-electron chi connectivity index (χ1n) is 10.2. The Bertz CT molecular complexity index is 1070. The molecule has 0 fully saturated rings. The van der Waals surface area contributed by atoms with Gasteiger partial charge < -0.3 is 4.74 Å². The summed E-state index contributed by atoms with van der Waals surface area (Å²) in [7, 11) is 0. The SMILES string of the molecule is CCc1ccc(C2CCc3c(cc(F)c(-c4ccc(OC(F)(F)F)cc4)c3F)C2)cc1. The van der Waals surface area contributed by atoms with Gasteiger partial charge in [0.2, 0.25) is 0 Å². The van der Waals surface area contributed by atoms with E-state index in [2.05, 4.69) is 35.9 Å². The van der Waals surface area contributed by atoms with Gasteiger partial charge in [0.15, 0.2) is 0 Å². The quantitative estimate of drug-likeness (QED) is 0.391. The fourth-order valence-corrected chi connectivity index (χ4v) is 4.25. The molecule has 0 saturated carbocycles. The van der Waals surface area contributed by atoms with E-state index >= 15 is 4.39 Å². The van der Waals surface area contributed by atoms with Crippen molar-refractivity contribution in [2.75, 3.05) is 0 Å². The smallest absolute Gasteiger partial charge is 0.406 e. The third kappa shape index (κ3) is 4.58. The molecular weight excluding hydrogens is 411 g/mol. The molecule has 1 aliphatic rings. The zero-order valence-corrected chi connectivity index (χ0v) is 16.9. The molecule has 0 aromatic heterocycles. The van der Waals surface area contributed by atoms with Crippen molar-refractivity contribution in [1.29, 1.82) is 0 Å². The van der Waals surface area contributed by atoms with Crippen LogP contribution in [0.4, 0.5) is 22.0 Å². The maximum Gasteiger partial charge on any atom is 0.573 e. The fraction of sp³-hybridized carbons (Fsp3) is 0.280. The summed E-state index contributed by atoms with van der Waals surface area (Å²) in [5.41, 5.74) is 3.48. The second kappa shape index (κ2) is 8.33. The first-order chi connectivity index (χ1) is 14.7. The summed E-state index contributed by atoms with van der Waals surface area (Å²) in [6.45, 7) is 2.09. The molecule has 0 amide bonds. The highest BCUT2D eigenvalue weighted by molar-refractivity contribution is 5.67. The van der Waals surface area contributed by atoms with Gasteiger partial charge in [-0.05, 0) is 77.6 Å². The molecule has 6 heteroatoms. The summed E-state index contributed by atoms with van der Waals surface area (Å²) < 4.78 is 70.9. The molecule has 1 unspecified atom stereocenters. The van der Waals surface area contributed by atoms with E-state index in [0.717, 1.165) is 30.5 Å². The maximum atomic E-state index is 15.2. The summed E-state index contributed by atoms with van der Waals surface area (Å²) in [6, 6.07) is 14.3. The van der Waals surface area contributed by atoms with Crippen molar-refractivity contribution in [3.05, 3.63) is 88.5 Å². The van der Waals surface area contributed by atoms with Gasteiger partial charge in [0.25, 0.3) is 0 Å². The summed E-state index contributed by atoms with van der Waals surface area (Å²) in [5.74, 6) is -1.60. The predicted molar refractivity (Wildman–Crippen MR) is 109 cm³/mol. The molecule has 1 nitrogen and oxygen atoms in total. The Morgan fingerprint density at radius 2 is 1.65 bits per heavy atom. The molecule has 0 aliphatic heterocycles.